The van der Waals surface area contributed by atoms with Gasteiger partial charge < -0.3 is 21.1 Å². The Labute approximate surface area is 147 Å². The number of nitrogens with zero attached hydrogens (tertiary/aromatic N) is 1. The van der Waals surface area contributed by atoms with Crippen LogP contribution in [-0.2, 0) is 4.79 Å². The number of methoxy groups -OCH3 is 1. The number of aromatic nitrogens is 1. The van der Waals surface area contributed by atoms with Crippen molar-refractivity contribution in [1.29, 1.82) is 0 Å². The number of halogens is 1. The third-order valence-corrected chi connectivity index (χ3v) is 3.68. The van der Waals surface area contributed by atoms with Crippen molar-refractivity contribution in [2.45, 2.75) is 12.5 Å². The molecule has 1 aromatic heterocycles. The summed E-state index contributed by atoms with van der Waals surface area (Å²) in [6.07, 6.45) is 1.53. The SMILES string of the molecule is COc1ccc(NC(=O)CC(NC(N)=O)c2cccc(Br)c2)cn1. The zero-order valence-electron chi connectivity index (χ0n) is 13.0. The van der Waals surface area contributed by atoms with Crippen LogP contribution in [0.3, 0.4) is 0 Å². The first-order valence-corrected chi connectivity index (χ1v) is 7.88. The number of hydrogen-bond donors (Lipinski definition) is 3. The van der Waals surface area contributed by atoms with Crippen LogP contribution in [-0.4, -0.2) is 24.0 Å². The van der Waals surface area contributed by atoms with Gasteiger partial charge >= 0.3 is 6.03 Å². The molecule has 1 heterocycles. The molecule has 0 bridgehead atoms. The number of anilines is 1. The molecule has 126 valence electrons. The summed E-state index contributed by atoms with van der Waals surface area (Å²) < 4.78 is 5.81. The van der Waals surface area contributed by atoms with Gasteiger partial charge in [-0.2, -0.15) is 0 Å². The molecule has 2 aromatic rings. The second kappa shape index (κ2) is 8.30. The molecule has 2 rings (SSSR count). The van der Waals surface area contributed by atoms with Gasteiger partial charge in [0.1, 0.15) is 0 Å². The Hall–Kier alpha value is -2.61. The van der Waals surface area contributed by atoms with E-state index >= 15 is 0 Å². The number of amides is 3. The minimum absolute atomic E-state index is 0.0332. The zero-order chi connectivity index (χ0) is 17.5. The van der Waals surface area contributed by atoms with Crippen molar-refractivity contribution in [3.05, 3.63) is 52.6 Å². The predicted octanol–water partition coefficient (Wildman–Crippen LogP) is 2.59. The quantitative estimate of drug-likeness (QED) is 0.701. The Morgan fingerprint density at radius 3 is 2.71 bits per heavy atom. The number of rotatable bonds is 6. The standard InChI is InChI=1S/C16H17BrN4O3/c1-24-15-6-5-12(9-19-15)20-14(22)8-13(21-16(18)23)10-3-2-4-11(17)7-10/h2-7,9,13H,8H2,1H3,(H,20,22)(H3,18,21,23). The minimum Gasteiger partial charge on any atom is -0.481 e. The summed E-state index contributed by atoms with van der Waals surface area (Å²) in [6, 6.07) is 9.40. The summed E-state index contributed by atoms with van der Waals surface area (Å²) in [6.45, 7) is 0. The van der Waals surface area contributed by atoms with E-state index in [-0.39, 0.29) is 12.3 Å². The Bertz CT molecular complexity index is 722. The van der Waals surface area contributed by atoms with Gasteiger partial charge in [0.15, 0.2) is 0 Å². The molecule has 0 radical (unpaired) electrons. The van der Waals surface area contributed by atoms with E-state index in [1.165, 1.54) is 13.3 Å². The topological polar surface area (TPSA) is 106 Å². The van der Waals surface area contributed by atoms with Crippen LogP contribution < -0.4 is 21.1 Å². The van der Waals surface area contributed by atoms with E-state index in [9.17, 15) is 9.59 Å². The zero-order valence-corrected chi connectivity index (χ0v) is 14.5. The second-order valence-electron chi connectivity index (χ2n) is 4.96. The van der Waals surface area contributed by atoms with Crippen molar-refractivity contribution in [2.24, 2.45) is 5.73 Å². The van der Waals surface area contributed by atoms with Crippen molar-refractivity contribution in [1.82, 2.24) is 10.3 Å². The van der Waals surface area contributed by atoms with Gasteiger partial charge in [-0.3, -0.25) is 4.79 Å². The fourth-order valence-corrected chi connectivity index (χ4v) is 2.54. The smallest absolute Gasteiger partial charge is 0.312 e. The van der Waals surface area contributed by atoms with Crippen molar-refractivity contribution in [3.63, 3.8) is 0 Å². The van der Waals surface area contributed by atoms with E-state index in [2.05, 4.69) is 31.5 Å². The van der Waals surface area contributed by atoms with Gasteiger partial charge in [-0.25, -0.2) is 9.78 Å². The molecule has 0 aliphatic carbocycles. The molecule has 0 fully saturated rings. The van der Waals surface area contributed by atoms with Gasteiger partial charge in [0.05, 0.1) is 31.5 Å². The molecule has 7 nitrogen and oxygen atoms in total. The first-order valence-electron chi connectivity index (χ1n) is 7.09. The van der Waals surface area contributed by atoms with Crippen LogP contribution in [0.5, 0.6) is 5.88 Å². The number of primary amides is 1. The summed E-state index contributed by atoms with van der Waals surface area (Å²) in [7, 11) is 1.51. The number of carbonyl (C=O) groups excluding carboxylic acids is 2. The van der Waals surface area contributed by atoms with E-state index in [1.807, 2.05) is 24.3 Å². The molecule has 8 heteroatoms. The van der Waals surface area contributed by atoms with Crippen LogP contribution in [0.1, 0.15) is 18.0 Å². The number of pyridine rings is 1. The Morgan fingerprint density at radius 2 is 2.12 bits per heavy atom. The number of ether oxygens (including phenoxy) is 1. The normalized spacial score (nSPS) is 11.4. The maximum Gasteiger partial charge on any atom is 0.312 e. The largest absolute Gasteiger partial charge is 0.481 e. The lowest BCUT2D eigenvalue weighted by atomic mass is 10.0. The molecule has 1 aromatic carbocycles. The highest BCUT2D eigenvalue weighted by molar-refractivity contribution is 9.10. The molecule has 0 aliphatic rings. The lowest BCUT2D eigenvalue weighted by Crippen LogP contribution is -2.35. The highest BCUT2D eigenvalue weighted by Gasteiger charge is 2.18. The number of urea groups is 1. The number of carbonyl (C=O) groups is 2. The first kappa shape index (κ1) is 17.7. The molecular weight excluding hydrogens is 376 g/mol. The summed E-state index contributed by atoms with van der Waals surface area (Å²) in [4.78, 5) is 27.5. The van der Waals surface area contributed by atoms with Crippen molar-refractivity contribution in [2.75, 3.05) is 12.4 Å². The van der Waals surface area contributed by atoms with Gasteiger partial charge in [0, 0.05) is 10.5 Å². The van der Waals surface area contributed by atoms with E-state index in [4.69, 9.17) is 10.5 Å². The van der Waals surface area contributed by atoms with Crippen LogP contribution in [0.4, 0.5) is 10.5 Å². The molecule has 3 amide bonds. The molecule has 1 unspecified atom stereocenters. The number of nitrogens with two attached hydrogens (primary N) is 1. The van der Waals surface area contributed by atoms with E-state index in [0.717, 1.165) is 10.0 Å². The van der Waals surface area contributed by atoms with Crippen LogP contribution in [0.15, 0.2) is 47.1 Å². The van der Waals surface area contributed by atoms with Crippen LogP contribution in [0.25, 0.3) is 0 Å². The monoisotopic (exact) mass is 392 g/mol. The third-order valence-electron chi connectivity index (χ3n) is 3.19. The number of hydrogen-bond acceptors (Lipinski definition) is 4. The van der Waals surface area contributed by atoms with Crippen molar-refractivity contribution in [3.8, 4) is 5.88 Å². The Kier molecular flexibility index (Phi) is 6.14. The van der Waals surface area contributed by atoms with Gasteiger partial charge in [-0.1, -0.05) is 28.1 Å². The van der Waals surface area contributed by atoms with Crippen molar-refractivity contribution < 1.29 is 14.3 Å². The molecule has 0 aliphatic heterocycles. The van der Waals surface area contributed by atoms with Crippen LogP contribution >= 0.6 is 15.9 Å². The van der Waals surface area contributed by atoms with E-state index in [1.54, 1.807) is 12.1 Å². The highest BCUT2D eigenvalue weighted by Crippen LogP contribution is 2.21. The summed E-state index contributed by atoms with van der Waals surface area (Å²) in [5, 5.41) is 5.30. The Morgan fingerprint density at radius 1 is 1.33 bits per heavy atom. The summed E-state index contributed by atoms with van der Waals surface area (Å²) in [5.41, 5.74) is 6.52. The van der Waals surface area contributed by atoms with Gasteiger partial charge in [0.2, 0.25) is 11.8 Å². The molecule has 0 saturated carbocycles. The molecule has 1 atom stereocenters. The van der Waals surface area contributed by atoms with E-state index < -0.39 is 12.1 Å². The molecule has 24 heavy (non-hydrogen) atoms. The predicted molar refractivity (Wildman–Crippen MR) is 93.6 cm³/mol. The van der Waals surface area contributed by atoms with Crippen molar-refractivity contribution >= 4 is 33.6 Å². The molecular formula is C16H17BrN4O3. The maximum absolute atomic E-state index is 12.2. The van der Waals surface area contributed by atoms with Gasteiger partial charge in [0.25, 0.3) is 0 Å². The first-order chi connectivity index (χ1) is 11.5. The Balaban J connectivity index is 2.07. The maximum atomic E-state index is 12.2. The highest BCUT2D eigenvalue weighted by atomic mass is 79.9. The minimum atomic E-state index is -0.695. The van der Waals surface area contributed by atoms with Crippen LogP contribution in [0.2, 0.25) is 0 Å². The van der Waals surface area contributed by atoms with E-state index in [0.29, 0.717) is 11.6 Å². The van der Waals surface area contributed by atoms with Crippen LogP contribution in [0, 0.1) is 0 Å². The number of benzene rings is 1. The lowest BCUT2D eigenvalue weighted by molar-refractivity contribution is -0.116. The average Bonchev–Trinajstić information content (AvgIpc) is 2.54. The molecule has 0 saturated heterocycles. The third kappa shape index (κ3) is 5.24. The fourth-order valence-electron chi connectivity index (χ4n) is 2.12. The van der Waals surface area contributed by atoms with Gasteiger partial charge in [-0.05, 0) is 23.8 Å². The summed E-state index contributed by atoms with van der Waals surface area (Å²) >= 11 is 3.37. The fraction of sp³-hybridized carbons (Fsp3) is 0.188. The number of nitrogens with one attached hydrogen (secondary N) is 2. The summed E-state index contributed by atoms with van der Waals surface area (Å²) in [5.74, 6) is 0.177. The molecule has 4 N–H and O–H groups in total. The lowest BCUT2D eigenvalue weighted by Gasteiger charge is -2.18. The van der Waals surface area contributed by atoms with Gasteiger partial charge in [-0.15, -0.1) is 0 Å². The average molecular weight is 393 g/mol. The molecule has 0 spiro atoms. The second-order valence-corrected chi connectivity index (χ2v) is 5.87.